The fourth-order valence-electron chi connectivity index (χ4n) is 5.03. The summed E-state index contributed by atoms with van der Waals surface area (Å²) in [7, 11) is -1.21. The Morgan fingerprint density at radius 1 is 1.18 bits per heavy atom. The molecule has 2 saturated heterocycles. The summed E-state index contributed by atoms with van der Waals surface area (Å²) >= 11 is 6.56. The second-order valence-corrected chi connectivity index (χ2v) is 13.0. The van der Waals surface area contributed by atoms with Crippen LogP contribution in [0.2, 0.25) is 0 Å². The Morgan fingerprint density at radius 3 is 2.65 bits per heavy atom. The minimum absolute atomic E-state index is 0.0556. The van der Waals surface area contributed by atoms with Crippen molar-refractivity contribution in [3.05, 3.63) is 45.2 Å². The molecule has 1 aliphatic carbocycles. The second-order valence-electron chi connectivity index (χ2n) is 9.09. The van der Waals surface area contributed by atoms with Gasteiger partial charge in [0.2, 0.25) is 0 Å². The average molecular weight is 519 g/mol. The Morgan fingerprint density at radius 2 is 1.94 bits per heavy atom. The molecule has 2 aliphatic heterocycles. The monoisotopic (exact) mass is 518 g/mol. The maximum atomic E-state index is 13.5. The fourth-order valence-corrected chi connectivity index (χ4v) is 8.11. The van der Waals surface area contributed by atoms with Crippen molar-refractivity contribution in [1.82, 2.24) is 14.3 Å². The predicted molar refractivity (Wildman–Crippen MR) is 139 cm³/mol. The van der Waals surface area contributed by atoms with Crippen LogP contribution in [-0.2, 0) is 14.6 Å². The molecule has 8 nitrogen and oxygen atoms in total. The SMILES string of the molecule is CN(c1nc2ccccn2c(=O)c1C=C1SC(=S)N(C2CCS(=O)(=O)C2)C1=O)C1CCCCC1. The largest absolute Gasteiger partial charge is 0.356 e. The van der Waals surface area contributed by atoms with Gasteiger partial charge in [0.05, 0.1) is 28.0 Å². The molecule has 1 atom stereocenters. The number of carbonyl (C=O) groups excluding carboxylic acids is 1. The first-order chi connectivity index (χ1) is 16.2. The van der Waals surface area contributed by atoms with Gasteiger partial charge in [-0.3, -0.25) is 18.9 Å². The summed E-state index contributed by atoms with van der Waals surface area (Å²) < 4.78 is 25.7. The molecule has 1 amide bonds. The van der Waals surface area contributed by atoms with E-state index in [0.717, 1.165) is 37.4 Å². The van der Waals surface area contributed by atoms with Gasteiger partial charge in [0, 0.05) is 19.3 Å². The van der Waals surface area contributed by atoms with Crippen LogP contribution in [0.5, 0.6) is 0 Å². The van der Waals surface area contributed by atoms with Gasteiger partial charge in [0.1, 0.15) is 15.8 Å². The summed E-state index contributed by atoms with van der Waals surface area (Å²) in [5.41, 5.74) is 0.638. The molecule has 11 heteroatoms. The molecule has 3 aliphatic rings. The van der Waals surface area contributed by atoms with Gasteiger partial charge in [-0.1, -0.05) is 49.3 Å². The van der Waals surface area contributed by atoms with E-state index in [9.17, 15) is 18.0 Å². The van der Waals surface area contributed by atoms with Gasteiger partial charge in [-0.25, -0.2) is 13.4 Å². The quantitative estimate of drug-likeness (QED) is 0.451. The molecule has 2 aromatic heterocycles. The minimum atomic E-state index is -3.17. The number of thiocarbonyl (C=S) groups is 1. The molecule has 0 aromatic carbocycles. The first kappa shape index (κ1) is 23.5. The lowest BCUT2D eigenvalue weighted by Gasteiger charge is -2.33. The van der Waals surface area contributed by atoms with Crippen LogP contribution in [0.25, 0.3) is 11.7 Å². The maximum Gasteiger partial charge on any atom is 0.267 e. The molecule has 2 aromatic rings. The van der Waals surface area contributed by atoms with Crippen molar-refractivity contribution in [2.24, 2.45) is 0 Å². The topological polar surface area (TPSA) is 92.1 Å². The number of amides is 1. The number of carbonyl (C=O) groups is 1. The van der Waals surface area contributed by atoms with E-state index in [1.807, 2.05) is 13.1 Å². The molecule has 1 unspecified atom stereocenters. The van der Waals surface area contributed by atoms with E-state index < -0.39 is 15.9 Å². The van der Waals surface area contributed by atoms with Crippen LogP contribution in [0.15, 0.2) is 34.1 Å². The van der Waals surface area contributed by atoms with Crippen molar-refractivity contribution in [1.29, 1.82) is 0 Å². The van der Waals surface area contributed by atoms with Gasteiger partial charge in [-0.05, 0) is 37.5 Å². The molecule has 1 saturated carbocycles. The second kappa shape index (κ2) is 9.09. The van der Waals surface area contributed by atoms with Crippen LogP contribution in [0.3, 0.4) is 0 Å². The van der Waals surface area contributed by atoms with Gasteiger partial charge < -0.3 is 4.90 Å². The van der Waals surface area contributed by atoms with Gasteiger partial charge in [0.25, 0.3) is 11.5 Å². The summed E-state index contributed by atoms with van der Waals surface area (Å²) in [4.78, 5) is 35.4. The number of sulfone groups is 1. The third-order valence-corrected chi connectivity index (χ3v) is 9.96. The number of fused-ring (bicyclic) bond motifs is 1. The highest BCUT2D eigenvalue weighted by molar-refractivity contribution is 8.26. The maximum absolute atomic E-state index is 13.5. The zero-order valence-electron chi connectivity index (χ0n) is 18.8. The Balaban J connectivity index is 1.57. The number of pyridine rings is 1. The molecule has 0 N–H and O–H groups in total. The Labute approximate surface area is 207 Å². The first-order valence-electron chi connectivity index (χ1n) is 11.5. The van der Waals surface area contributed by atoms with E-state index in [0.29, 0.717) is 32.7 Å². The summed E-state index contributed by atoms with van der Waals surface area (Å²) in [6, 6.07) is 5.22. The van der Waals surface area contributed by atoms with Crippen LogP contribution < -0.4 is 10.5 Å². The molecule has 0 bridgehead atoms. The highest BCUT2D eigenvalue weighted by atomic mass is 32.2. The molecule has 3 fully saturated rings. The highest BCUT2D eigenvalue weighted by Gasteiger charge is 2.42. The van der Waals surface area contributed by atoms with E-state index in [1.54, 1.807) is 24.4 Å². The van der Waals surface area contributed by atoms with Crippen molar-refractivity contribution in [2.75, 3.05) is 23.5 Å². The summed E-state index contributed by atoms with van der Waals surface area (Å²) in [6.07, 6.45) is 9.18. The molecule has 0 spiro atoms. The normalized spacial score (nSPS) is 24.4. The molecule has 34 heavy (non-hydrogen) atoms. The van der Waals surface area contributed by atoms with Crippen LogP contribution >= 0.6 is 24.0 Å². The number of anilines is 1. The summed E-state index contributed by atoms with van der Waals surface area (Å²) in [5.74, 6) is 0.181. The first-order valence-corrected chi connectivity index (χ1v) is 14.5. The van der Waals surface area contributed by atoms with E-state index in [1.165, 1.54) is 15.7 Å². The third kappa shape index (κ3) is 4.29. The lowest BCUT2D eigenvalue weighted by Crippen LogP contribution is -2.39. The number of nitrogens with zero attached hydrogens (tertiary/aromatic N) is 4. The van der Waals surface area contributed by atoms with Gasteiger partial charge in [0.15, 0.2) is 9.84 Å². The van der Waals surface area contributed by atoms with E-state index in [-0.39, 0.29) is 29.0 Å². The molecule has 0 radical (unpaired) electrons. The Bertz CT molecular complexity index is 1360. The fraction of sp³-hybridized carbons (Fsp3) is 0.478. The van der Waals surface area contributed by atoms with Crippen molar-refractivity contribution in [3.8, 4) is 0 Å². The van der Waals surface area contributed by atoms with Gasteiger partial charge >= 0.3 is 0 Å². The molecule has 5 rings (SSSR count). The summed E-state index contributed by atoms with van der Waals surface area (Å²) in [5, 5.41) is 0. The van der Waals surface area contributed by atoms with Crippen molar-refractivity contribution >= 4 is 61.6 Å². The van der Waals surface area contributed by atoms with Crippen molar-refractivity contribution in [2.45, 2.75) is 50.6 Å². The van der Waals surface area contributed by atoms with Crippen LogP contribution in [-0.4, -0.2) is 63.6 Å². The van der Waals surface area contributed by atoms with Crippen molar-refractivity contribution < 1.29 is 13.2 Å². The predicted octanol–water partition coefficient (Wildman–Crippen LogP) is 2.85. The lowest BCUT2D eigenvalue weighted by atomic mass is 9.94. The number of hydrogen-bond acceptors (Lipinski definition) is 8. The average Bonchev–Trinajstić information content (AvgIpc) is 3.32. The van der Waals surface area contributed by atoms with E-state index >= 15 is 0 Å². The summed E-state index contributed by atoms with van der Waals surface area (Å²) in [6.45, 7) is 0. The molecule has 4 heterocycles. The third-order valence-electron chi connectivity index (χ3n) is 6.88. The zero-order chi connectivity index (χ0) is 24.0. The molecular formula is C23H26N4O4S3. The Hall–Kier alpha value is -2.24. The van der Waals surface area contributed by atoms with Crippen LogP contribution in [0.4, 0.5) is 5.82 Å². The molecule has 180 valence electrons. The highest BCUT2D eigenvalue weighted by Crippen LogP contribution is 2.37. The molecular weight excluding hydrogens is 492 g/mol. The zero-order valence-corrected chi connectivity index (χ0v) is 21.3. The van der Waals surface area contributed by atoms with Gasteiger partial charge in [-0.15, -0.1) is 0 Å². The smallest absolute Gasteiger partial charge is 0.267 e. The van der Waals surface area contributed by atoms with Crippen molar-refractivity contribution in [3.63, 3.8) is 0 Å². The van der Waals surface area contributed by atoms with Crippen LogP contribution in [0, 0.1) is 0 Å². The van der Waals surface area contributed by atoms with E-state index in [2.05, 4.69) is 4.90 Å². The van der Waals surface area contributed by atoms with Crippen LogP contribution in [0.1, 0.15) is 44.1 Å². The number of rotatable bonds is 4. The van der Waals surface area contributed by atoms with Gasteiger partial charge in [-0.2, -0.15) is 0 Å². The standard InChI is InChI=1S/C23H26N4O4S3/c1-25(15-7-3-2-4-8-15)20-17(21(28)26-11-6-5-9-19(26)24-20)13-18-22(29)27(23(32)33-18)16-10-12-34(30,31)14-16/h5-6,9,11,13,15-16H,2-4,7-8,10,12,14H2,1H3. The number of aromatic nitrogens is 2. The lowest BCUT2D eigenvalue weighted by molar-refractivity contribution is -0.123. The van der Waals surface area contributed by atoms with E-state index in [4.69, 9.17) is 17.2 Å². The Kier molecular flexibility index (Phi) is 6.28. The minimum Gasteiger partial charge on any atom is -0.356 e. The number of hydrogen-bond donors (Lipinski definition) is 0. The number of thioether (sulfide) groups is 1.